The molecule has 1 aromatic rings. The van der Waals surface area contributed by atoms with E-state index in [9.17, 15) is 4.79 Å². The van der Waals surface area contributed by atoms with Crippen molar-refractivity contribution in [3.63, 3.8) is 0 Å². The molecule has 0 aliphatic carbocycles. The van der Waals surface area contributed by atoms with Gasteiger partial charge in [-0.05, 0) is 36.7 Å². The van der Waals surface area contributed by atoms with Gasteiger partial charge in [-0.2, -0.15) is 10.1 Å². The van der Waals surface area contributed by atoms with Crippen LogP contribution in [0.4, 0.5) is 0 Å². The molecule has 2 heterocycles. The van der Waals surface area contributed by atoms with E-state index in [1.807, 2.05) is 19.1 Å². The monoisotopic (exact) mass is 319 g/mol. The fourth-order valence-electron chi connectivity index (χ4n) is 2.36. The lowest BCUT2D eigenvalue weighted by molar-refractivity contribution is -0.124. The Morgan fingerprint density at radius 1 is 1.32 bits per heavy atom. The van der Waals surface area contributed by atoms with Gasteiger partial charge in [-0.3, -0.25) is 9.79 Å². The van der Waals surface area contributed by atoms with E-state index in [-0.39, 0.29) is 12.5 Å². The molecule has 0 spiro atoms. The lowest BCUT2D eigenvalue weighted by Gasteiger charge is -2.14. The molecule has 0 unspecified atom stereocenters. The number of ether oxygens (including phenoxy) is 2. The summed E-state index contributed by atoms with van der Waals surface area (Å²) in [5, 5.41) is 7.09. The van der Waals surface area contributed by atoms with Crippen molar-refractivity contribution in [2.75, 3.05) is 20.3 Å². The molecule has 2 aliphatic heterocycles. The number of carbonyl (C=O) groups excluding carboxylic acids is 1. The maximum absolute atomic E-state index is 11.7. The zero-order chi connectivity index (χ0) is 15.7. The number of fused-ring (bicyclic) bond motifs is 1. The van der Waals surface area contributed by atoms with Crippen molar-refractivity contribution in [1.29, 1.82) is 0 Å². The third kappa shape index (κ3) is 2.45. The van der Waals surface area contributed by atoms with E-state index in [4.69, 9.17) is 9.47 Å². The van der Waals surface area contributed by atoms with Crippen molar-refractivity contribution in [2.45, 2.75) is 20.3 Å². The van der Waals surface area contributed by atoms with E-state index in [1.54, 1.807) is 7.11 Å². The molecule has 0 atom stereocenters. The number of benzene rings is 1. The largest absolute Gasteiger partial charge is 0.496 e. The average molecular weight is 319 g/mol. The van der Waals surface area contributed by atoms with Crippen LogP contribution in [0.3, 0.4) is 0 Å². The van der Waals surface area contributed by atoms with Gasteiger partial charge in [0.25, 0.3) is 5.91 Å². The summed E-state index contributed by atoms with van der Waals surface area (Å²) in [5.74, 6) is 1.40. The van der Waals surface area contributed by atoms with Gasteiger partial charge in [-0.25, -0.2) is 0 Å². The number of hydrogen-bond donors (Lipinski definition) is 0. The second-order valence-electron chi connectivity index (χ2n) is 4.76. The number of thioether (sulfide) groups is 1. The quantitative estimate of drug-likeness (QED) is 0.835. The van der Waals surface area contributed by atoms with Crippen molar-refractivity contribution >= 4 is 27.9 Å². The fourth-order valence-corrected chi connectivity index (χ4v) is 3.29. The summed E-state index contributed by atoms with van der Waals surface area (Å²) in [6.07, 6.45) is 0.841. The van der Waals surface area contributed by atoms with E-state index in [0.717, 1.165) is 28.3 Å². The minimum Gasteiger partial charge on any atom is -0.496 e. The van der Waals surface area contributed by atoms with Gasteiger partial charge in [-0.1, -0.05) is 6.92 Å². The van der Waals surface area contributed by atoms with Crippen molar-refractivity contribution < 1.29 is 14.3 Å². The van der Waals surface area contributed by atoms with Crippen molar-refractivity contribution in [3.05, 3.63) is 23.3 Å². The number of rotatable bonds is 5. The van der Waals surface area contributed by atoms with Crippen LogP contribution in [-0.2, 0) is 11.2 Å². The van der Waals surface area contributed by atoms with E-state index in [0.29, 0.717) is 17.5 Å². The molecule has 7 heteroatoms. The molecule has 0 aromatic heterocycles. The fraction of sp³-hybridized carbons (Fsp3) is 0.400. The van der Waals surface area contributed by atoms with Crippen LogP contribution < -0.4 is 9.47 Å². The Bertz CT molecular complexity index is 685. The van der Waals surface area contributed by atoms with Gasteiger partial charge in [0.05, 0.1) is 19.3 Å². The molecular formula is C15H17N3O3S. The molecule has 3 rings (SSSR count). The maximum Gasteiger partial charge on any atom is 0.271 e. The van der Waals surface area contributed by atoms with Crippen molar-refractivity contribution in [1.82, 2.24) is 5.01 Å². The topological polar surface area (TPSA) is 63.5 Å². The predicted molar refractivity (Wildman–Crippen MR) is 86.8 cm³/mol. The van der Waals surface area contributed by atoms with Crippen LogP contribution in [0.15, 0.2) is 22.2 Å². The minimum absolute atomic E-state index is 0.0990. The summed E-state index contributed by atoms with van der Waals surface area (Å²) in [5.41, 5.74) is 1.94. The molecule has 0 radical (unpaired) electrons. The Morgan fingerprint density at radius 2 is 2.14 bits per heavy atom. The van der Waals surface area contributed by atoms with Gasteiger partial charge in [0.2, 0.25) is 0 Å². The highest BCUT2D eigenvalue weighted by atomic mass is 32.2. The number of aliphatic imine (C=N–C) groups is 1. The summed E-state index contributed by atoms with van der Waals surface area (Å²) in [4.78, 5) is 15.9. The molecule has 1 amide bonds. The van der Waals surface area contributed by atoms with Crippen LogP contribution in [-0.4, -0.2) is 41.4 Å². The highest BCUT2D eigenvalue weighted by Gasteiger charge is 2.34. The first-order chi connectivity index (χ1) is 10.7. The average Bonchev–Trinajstić information content (AvgIpc) is 3.09. The van der Waals surface area contributed by atoms with E-state index >= 15 is 0 Å². The highest BCUT2D eigenvalue weighted by molar-refractivity contribution is 8.27. The zero-order valence-electron chi connectivity index (χ0n) is 12.8. The summed E-state index contributed by atoms with van der Waals surface area (Å²) in [6, 6.07) is 3.90. The summed E-state index contributed by atoms with van der Waals surface area (Å²) < 4.78 is 11.1. The number of amidine groups is 1. The molecule has 0 bridgehead atoms. The van der Waals surface area contributed by atoms with Crippen molar-refractivity contribution in [2.24, 2.45) is 10.1 Å². The minimum atomic E-state index is -0.0990. The first kappa shape index (κ1) is 14.9. The van der Waals surface area contributed by atoms with E-state index in [1.165, 1.54) is 16.8 Å². The molecule has 0 fully saturated rings. The van der Waals surface area contributed by atoms with Crippen LogP contribution in [0, 0.1) is 0 Å². The number of hydrogen-bond acceptors (Lipinski definition) is 6. The number of nitrogens with zero attached hydrogens (tertiary/aromatic N) is 3. The summed E-state index contributed by atoms with van der Waals surface area (Å²) in [7, 11) is 1.62. The second kappa shape index (κ2) is 6.00. The molecule has 2 aliphatic rings. The van der Waals surface area contributed by atoms with Gasteiger partial charge >= 0.3 is 0 Å². The van der Waals surface area contributed by atoms with Crippen LogP contribution in [0.2, 0.25) is 0 Å². The molecule has 22 heavy (non-hydrogen) atoms. The lowest BCUT2D eigenvalue weighted by atomic mass is 10.1. The molecule has 116 valence electrons. The standard InChI is InChI=1S/C15H17N3O3S/c1-4-9-6-10(12(20-3)7-11(9)21-5-2)14-17-18-13(19)8-16-15(18)22-14/h6-7H,4-5,8H2,1-3H3. The Kier molecular flexibility index (Phi) is 4.06. The van der Waals surface area contributed by atoms with Crippen molar-refractivity contribution in [3.8, 4) is 11.5 Å². The van der Waals surface area contributed by atoms with Crippen LogP contribution in [0.5, 0.6) is 11.5 Å². The smallest absolute Gasteiger partial charge is 0.271 e. The Labute approximate surface area is 133 Å². The lowest BCUT2D eigenvalue weighted by Crippen LogP contribution is -2.21. The Balaban J connectivity index is 2.02. The number of methoxy groups -OCH3 is 1. The van der Waals surface area contributed by atoms with Gasteiger partial charge < -0.3 is 9.47 Å². The van der Waals surface area contributed by atoms with Crippen LogP contribution in [0.25, 0.3) is 0 Å². The molecule has 6 nitrogen and oxygen atoms in total. The highest BCUT2D eigenvalue weighted by Crippen LogP contribution is 2.36. The SMILES string of the molecule is CCOc1cc(OC)c(C2=NN3C(=O)CN=C3S2)cc1CC. The number of aryl methyl sites for hydroxylation is 1. The molecule has 0 saturated carbocycles. The number of carbonyl (C=O) groups is 1. The second-order valence-corrected chi connectivity index (χ2v) is 5.71. The Hall–Kier alpha value is -2.02. The third-order valence-electron chi connectivity index (χ3n) is 3.44. The molecular weight excluding hydrogens is 302 g/mol. The van der Waals surface area contributed by atoms with E-state index < -0.39 is 0 Å². The number of hydrazone groups is 1. The normalized spacial score (nSPS) is 16.5. The predicted octanol–water partition coefficient (Wildman–Crippen LogP) is 2.26. The first-order valence-corrected chi connectivity index (χ1v) is 7.97. The van der Waals surface area contributed by atoms with Gasteiger partial charge in [-0.15, -0.1) is 0 Å². The third-order valence-corrected chi connectivity index (χ3v) is 4.42. The Morgan fingerprint density at radius 3 is 2.77 bits per heavy atom. The zero-order valence-corrected chi connectivity index (χ0v) is 13.6. The van der Waals surface area contributed by atoms with Crippen LogP contribution >= 0.6 is 11.8 Å². The van der Waals surface area contributed by atoms with E-state index in [2.05, 4.69) is 17.0 Å². The van der Waals surface area contributed by atoms with Gasteiger partial charge in [0.1, 0.15) is 23.1 Å². The van der Waals surface area contributed by atoms with Gasteiger partial charge in [0.15, 0.2) is 5.17 Å². The molecule has 1 aromatic carbocycles. The summed E-state index contributed by atoms with van der Waals surface area (Å²) in [6.45, 7) is 4.81. The van der Waals surface area contributed by atoms with Crippen LogP contribution in [0.1, 0.15) is 25.0 Å². The number of amides is 1. The summed E-state index contributed by atoms with van der Waals surface area (Å²) >= 11 is 1.39. The first-order valence-electron chi connectivity index (χ1n) is 7.15. The maximum atomic E-state index is 11.7. The van der Waals surface area contributed by atoms with Gasteiger partial charge in [0, 0.05) is 6.07 Å². The molecule has 0 saturated heterocycles. The molecule has 0 N–H and O–H groups in total.